The molecule has 21 heavy (non-hydrogen) atoms. The average Bonchev–Trinajstić information content (AvgIpc) is 2.87. The van der Waals surface area contributed by atoms with Crippen molar-refractivity contribution in [2.45, 2.75) is 50.8 Å². The predicted molar refractivity (Wildman–Crippen MR) is 82.4 cm³/mol. The van der Waals surface area contributed by atoms with E-state index in [2.05, 4.69) is 19.2 Å². The van der Waals surface area contributed by atoms with Crippen molar-refractivity contribution in [2.75, 3.05) is 14.1 Å². The third kappa shape index (κ3) is 3.87. The van der Waals surface area contributed by atoms with Gasteiger partial charge in [-0.1, -0.05) is 13.8 Å². The van der Waals surface area contributed by atoms with Crippen LogP contribution in [0.25, 0.3) is 0 Å². The van der Waals surface area contributed by atoms with Gasteiger partial charge in [0.1, 0.15) is 5.76 Å². The molecule has 0 aliphatic heterocycles. The summed E-state index contributed by atoms with van der Waals surface area (Å²) in [5.74, 6) is 2.12. The summed E-state index contributed by atoms with van der Waals surface area (Å²) in [6.07, 6.45) is 3.67. The third-order valence-corrected chi connectivity index (χ3v) is 6.03. The van der Waals surface area contributed by atoms with E-state index in [-0.39, 0.29) is 5.09 Å². The van der Waals surface area contributed by atoms with Gasteiger partial charge in [-0.15, -0.1) is 0 Å². The zero-order valence-electron chi connectivity index (χ0n) is 13.3. The lowest BCUT2D eigenvalue weighted by atomic mass is 9.80. The van der Waals surface area contributed by atoms with Gasteiger partial charge in [0.2, 0.25) is 5.09 Å². The fraction of sp³-hybridized carbons (Fsp3) is 0.733. The molecule has 1 aliphatic carbocycles. The van der Waals surface area contributed by atoms with Crippen LogP contribution < -0.4 is 5.32 Å². The molecular weight excluding hydrogens is 288 g/mol. The lowest BCUT2D eigenvalue weighted by Gasteiger charge is -2.33. The monoisotopic (exact) mass is 314 g/mol. The minimum atomic E-state index is -3.48. The highest BCUT2D eigenvalue weighted by molar-refractivity contribution is 7.88. The van der Waals surface area contributed by atoms with Gasteiger partial charge in [-0.3, -0.25) is 0 Å². The second-order valence-electron chi connectivity index (χ2n) is 6.39. The Morgan fingerprint density at radius 1 is 1.29 bits per heavy atom. The van der Waals surface area contributed by atoms with Crippen molar-refractivity contribution in [3.8, 4) is 0 Å². The first-order valence-electron chi connectivity index (χ1n) is 7.55. The van der Waals surface area contributed by atoms with E-state index in [1.54, 1.807) is 6.07 Å². The highest BCUT2D eigenvalue weighted by Gasteiger charge is 2.25. The molecule has 6 heteroatoms. The van der Waals surface area contributed by atoms with Crippen LogP contribution in [0.15, 0.2) is 21.6 Å². The summed E-state index contributed by atoms with van der Waals surface area (Å²) in [5, 5.41) is 3.51. The van der Waals surface area contributed by atoms with Crippen molar-refractivity contribution < 1.29 is 12.8 Å². The maximum absolute atomic E-state index is 12.0. The molecule has 1 aromatic heterocycles. The molecule has 0 aromatic carbocycles. The topological polar surface area (TPSA) is 62.6 Å². The Labute approximate surface area is 127 Å². The van der Waals surface area contributed by atoms with Gasteiger partial charge in [0.15, 0.2) is 0 Å². The standard InChI is InChI=1S/C15H26N2O3S/c1-11-5-7-14(12(2)9-11)16-10-13-6-8-15(20-13)21(18,19)17(3)4/h6,8,11-12,14,16H,5,7,9-10H2,1-4H3. The summed E-state index contributed by atoms with van der Waals surface area (Å²) >= 11 is 0. The van der Waals surface area contributed by atoms with Crippen LogP contribution in [0.4, 0.5) is 0 Å². The quantitative estimate of drug-likeness (QED) is 0.907. The maximum atomic E-state index is 12.0. The number of hydrogen-bond acceptors (Lipinski definition) is 4. The van der Waals surface area contributed by atoms with E-state index in [1.165, 1.54) is 39.4 Å². The highest BCUT2D eigenvalue weighted by Crippen LogP contribution is 2.29. The van der Waals surface area contributed by atoms with Gasteiger partial charge in [-0.2, -0.15) is 0 Å². The first-order valence-corrected chi connectivity index (χ1v) is 8.99. The second kappa shape index (κ2) is 6.50. The van der Waals surface area contributed by atoms with Gasteiger partial charge in [-0.05, 0) is 43.2 Å². The summed E-state index contributed by atoms with van der Waals surface area (Å²) < 4.78 is 30.5. The molecular formula is C15H26N2O3S. The molecule has 120 valence electrons. The molecule has 1 fully saturated rings. The fourth-order valence-corrected chi connectivity index (χ4v) is 3.78. The van der Waals surface area contributed by atoms with E-state index in [1.807, 2.05) is 0 Å². The predicted octanol–water partition coefficient (Wildman–Crippen LogP) is 2.44. The van der Waals surface area contributed by atoms with E-state index >= 15 is 0 Å². The van der Waals surface area contributed by atoms with Crippen LogP contribution in [0, 0.1) is 11.8 Å². The molecule has 5 nitrogen and oxygen atoms in total. The van der Waals surface area contributed by atoms with Gasteiger partial charge in [0.25, 0.3) is 10.0 Å². The molecule has 0 radical (unpaired) electrons. The minimum absolute atomic E-state index is 0.00890. The first kappa shape index (κ1) is 16.5. The molecule has 1 aromatic rings. The number of nitrogens with zero attached hydrogens (tertiary/aromatic N) is 1. The van der Waals surface area contributed by atoms with Crippen molar-refractivity contribution in [2.24, 2.45) is 11.8 Å². The molecule has 0 spiro atoms. The lowest BCUT2D eigenvalue weighted by molar-refractivity contribution is 0.222. The molecule has 3 atom stereocenters. The molecule has 0 amide bonds. The van der Waals surface area contributed by atoms with E-state index < -0.39 is 10.0 Å². The summed E-state index contributed by atoms with van der Waals surface area (Å²) in [5.41, 5.74) is 0. The maximum Gasteiger partial charge on any atom is 0.275 e. The van der Waals surface area contributed by atoms with Gasteiger partial charge < -0.3 is 9.73 Å². The molecule has 2 rings (SSSR count). The highest BCUT2D eigenvalue weighted by atomic mass is 32.2. The number of hydrogen-bond donors (Lipinski definition) is 1. The largest absolute Gasteiger partial charge is 0.447 e. The van der Waals surface area contributed by atoms with Crippen LogP contribution in [0.3, 0.4) is 0 Å². The van der Waals surface area contributed by atoms with Gasteiger partial charge in [-0.25, -0.2) is 12.7 Å². The Morgan fingerprint density at radius 2 is 2.00 bits per heavy atom. The van der Waals surface area contributed by atoms with Crippen LogP contribution >= 0.6 is 0 Å². The average molecular weight is 314 g/mol. The number of furan rings is 1. The molecule has 1 N–H and O–H groups in total. The molecule has 1 aliphatic rings. The van der Waals surface area contributed by atoms with E-state index in [0.717, 1.165) is 10.2 Å². The van der Waals surface area contributed by atoms with Crippen LogP contribution in [-0.4, -0.2) is 32.9 Å². The van der Waals surface area contributed by atoms with E-state index in [4.69, 9.17) is 4.42 Å². The van der Waals surface area contributed by atoms with E-state index in [9.17, 15) is 8.42 Å². The van der Waals surface area contributed by atoms with Gasteiger partial charge in [0.05, 0.1) is 6.54 Å². The first-order chi connectivity index (χ1) is 9.80. The number of sulfonamides is 1. The fourth-order valence-electron chi connectivity index (χ4n) is 2.97. The van der Waals surface area contributed by atoms with E-state index in [0.29, 0.717) is 24.3 Å². The molecule has 1 heterocycles. The van der Waals surface area contributed by atoms with Gasteiger partial charge in [0, 0.05) is 20.1 Å². The zero-order chi connectivity index (χ0) is 15.6. The Hall–Kier alpha value is -0.850. The Balaban J connectivity index is 1.95. The van der Waals surface area contributed by atoms with Crippen LogP contribution in [-0.2, 0) is 16.6 Å². The molecule has 1 saturated carbocycles. The summed E-state index contributed by atoms with van der Waals surface area (Å²) in [7, 11) is -0.477. The molecule has 0 bridgehead atoms. The van der Waals surface area contributed by atoms with Crippen molar-refractivity contribution in [1.82, 2.24) is 9.62 Å². The van der Waals surface area contributed by atoms with Crippen molar-refractivity contribution in [3.63, 3.8) is 0 Å². The van der Waals surface area contributed by atoms with Crippen LogP contribution in [0.2, 0.25) is 0 Å². The number of rotatable bonds is 5. The lowest BCUT2D eigenvalue weighted by Crippen LogP contribution is -2.38. The Kier molecular flexibility index (Phi) is 5.11. The smallest absolute Gasteiger partial charge is 0.275 e. The summed E-state index contributed by atoms with van der Waals surface area (Å²) in [4.78, 5) is 0. The van der Waals surface area contributed by atoms with Crippen LogP contribution in [0.5, 0.6) is 0 Å². The Morgan fingerprint density at radius 3 is 2.62 bits per heavy atom. The van der Waals surface area contributed by atoms with Gasteiger partial charge >= 0.3 is 0 Å². The second-order valence-corrected chi connectivity index (χ2v) is 8.47. The van der Waals surface area contributed by atoms with Crippen LogP contribution in [0.1, 0.15) is 38.9 Å². The van der Waals surface area contributed by atoms with Crippen molar-refractivity contribution in [1.29, 1.82) is 0 Å². The van der Waals surface area contributed by atoms with Crippen molar-refractivity contribution >= 4 is 10.0 Å². The zero-order valence-corrected chi connectivity index (χ0v) is 14.1. The summed E-state index contributed by atoms with van der Waals surface area (Å²) in [6, 6.07) is 3.75. The molecule has 3 unspecified atom stereocenters. The third-order valence-electron chi connectivity index (χ3n) is 4.34. The SMILES string of the molecule is CC1CCC(NCc2ccc(S(=O)(=O)N(C)C)o2)C(C)C1. The Bertz CT molecular complexity index is 565. The number of nitrogens with one attached hydrogen (secondary N) is 1. The normalized spacial score (nSPS) is 27.2. The minimum Gasteiger partial charge on any atom is -0.447 e. The van der Waals surface area contributed by atoms with Crippen molar-refractivity contribution in [3.05, 3.63) is 17.9 Å². The molecule has 0 saturated heterocycles. The summed E-state index contributed by atoms with van der Waals surface area (Å²) in [6.45, 7) is 5.15.